The van der Waals surface area contributed by atoms with Crippen molar-refractivity contribution in [3.63, 3.8) is 0 Å². The molecular formula is C21H21N5O2. The molecule has 0 spiro atoms. The van der Waals surface area contributed by atoms with Gasteiger partial charge in [0.15, 0.2) is 5.58 Å². The van der Waals surface area contributed by atoms with E-state index in [1.807, 2.05) is 36.4 Å². The predicted octanol–water partition coefficient (Wildman–Crippen LogP) is 3.74. The van der Waals surface area contributed by atoms with Crippen LogP contribution >= 0.6 is 0 Å². The minimum Gasteiger partial charge on any atom is -0.424 e. The number of hydrogen-bond donors (Lipinski definition) is 3. The van der Waals surface area contributed by atoms with Crippen molar-refractivity contribution in [2.24, 2.45) is 0 Å². The van der Waals surface area contributed by atoms with Gasteiger partial charge < -0.3 is 20.6 Å². The Balaban J connectivity index is 1.45. The van der Waals surface area contributed by atoms with E-state index in [1.165, 1.54) is 0 Å². The average molecular weight is 375 g/mol. The number of fused-ring (bicyclic) bond motifs is 2. The smallest absolute Gasteiger partial charge is 0.292 e. The number of hydrogen-bond acceptors (Lipinski definition) is 7. The van der Waals surface area contributed by atoms with Gasteiger partial charge in [-0.15, -0.1) is 0 Å². The molecule has 0 saturated heterocycles. The fraction of sp³-hybridized carbons (Fsp3) is 0.286. The first-order valence-corrected chi connectivity index (χ1v) is 9.52. The molecule has 28 heavy (non-hydrogen) atoms. The van der Waals surface area contributed by atoms with Gasteiger partial charge in [-0.3, -0.25) is 4.98 Å². The molecule has 0 bridgehead atoms. The van der Waals surface area contributed by atoms with Crippen LogP contribution < -0.4 is 11.1 Å². The van der Waals surface area contributed by atoms with Gasteiger partial charge in [-0.05, 0) is 61.1 Å². The van der Waals surface area contributed by atoms with Crippen LogP contribution in [0.4, 0.5) is 11.8 Å². The summed E-state index contributed by atoms with van der Waals surface area (Å²) in [5, 5.41) is 13.1. The molecule has 7 heteroatoms. The Kier molecular flexibility index (Phi) is 4.09. The molecule has 4 N–H and O–H groups in total. The molecule has 7 nitrogen and oxygen atoms in total. The highest BCUT2D eigenvalue weighted by Crippen LogP contribution is 2.28. The van der Waals surface area contributed by atoms with E-state index < -0.39 is 0 Å². The lowest BCUT2D eigenvalue weighted by atomic mass is 9.93. The van der Waals surface area contributed by atoms with Crippen LogP contribution in [0.1, 0.15) is 25.7 Å². The number of benzene rings is 2. The van der Waals surface area contributed by atoms with Crippen molar-refractivity contribution in [3.8, 4) is 11.1 Å². The lowest BCUT2D eigenvalue weighted by molar-refractivity contribution is 0.126. The Morgan fingerprint density at radius 1 is 0.929 bits per heavy atom. The lowest BCUT2D eigenvalue weighted by Crippen LogP contribution is -2.28. The summed E-state index contributed by atoms with van der Waals surface area (Å²) >= 11 is 0. The fourth-order valence-electron chi connectivity index (χ4n) is 3.81. The molecule has 1 fully saturated rings. The minimum absolute atomic E-state index is 0.166. The second-order valence-electron chi connectivity index (χ2n) is 7.34. The van der Waals surface area contributed by atoms with Crippen LogP contribution in [0, 0.1) is 0 Å². The Hall–Kier alpha value is -3.19. The SMILES string of the molecule is Nc1nc2cc(-c3ccc4ncc(NC5CCC(O)CC5)nc4c3)ccc2o1. The van der Waals surface area contributed by atoms with Crippen LogP contribution in [0.25, 0.3) is 33.3 Å². The van der Waals surface area contributed by atoms with Crippen LogP contribution in [0.3, 0.4) is 0 Å². The molecule has 0 unspecified atom stereocenters. The molecule has 2 aromatic carbocycles. The summed E-state index contributed by atoms with van der Waals surface area (Å²) in [6.07, 6.45) is 5.16. The van der Waals surface area contributed by atoms with Gasteiger partial charge in [-0.1, -0.05) is 12.1 Å². The summed E-state index contributed by atoms with van der Waals surface area (Å²) in [5.41, 5.74) is 10.8. The molecular weight excluding hydrogens is 354 g/mol. The molecule has 0 amide bonds. The first-order chi connectivity index (χ1) is 13.6. The molecule has 1 saturated carbocycles. The summed E-state index contributed by atoms with van der Waals surface area (Å²) in [6.45, 7) is 0. The van der Waals surface area contributed by atoms with Crippen LogP contribution in [0.2, 0.25) is 0 Å². The Morgan fingerprint density at radius 2 is 1.68 bits per heavy atom. The average Bonchev–Trinajstić information content (AvgIpc) is 3.08. The number of aliphatic hydroxyl groups excluding tert-OH is 1. The van der Waals surface area contributed by atoms with E-state index in [9.17, 15) is 5.11 Å². The number of aliphatic hydroxyl groups is 1. The van der Waals surface area contributed by atoms with Gasteiger partial charge in [-0.25, -0.2) is 4.98 Å². The normalized spacial score (nSPS) is 19.9. The van der Waals surface area contributed by atoms with Crippen molar-refractivity contribution in [2.75, 3.05) is 11.1 Å². The number of aromatic nitrogens is 3. The summed E-state index contributed by atoms with van der Waals surface area (Å²) in [6, 6.07) is 12.3. The topological polar surface area (TPSA) is 110 Å². The molecule has 5 rings (SSSR count). The number of rotatable bonds is 3. The van der Waals surface area contributed by atoms with E-state index >= 15 is 0 Å². The van der Waals surface area contributed by atoms with Crippen LogP contribution in [0.15, 0.2) is 47.0 Å². The molecule has 142 valence electrons. The van der Waals surface area contributed by atoms with E-state index in [1.54, 1.807) is 6.20 Å². The number of anilines is 2. The minimum atomic E-state index is -0.166. The lowest BCUT2D eigenvalue weighted by Gasteiger charge is -2.26. The van der Waals surface area contributed by atoms with E-state index in [2.05, 4.69) is 15.3 Å². The van der Waals surface area contributed by atoms with Gasteiger partial charge in [-0.2, -0.15) is 4.98 Å². The van der Waals surface area contributed by atoms with Gasteiger partial charge in [0, 0.05) is 6.04 Å². The second kappa shape index (κ2) is 6.76. The maximum Gasteiger partial charge on any atom is 0.292 e. The number of nitrogens with one attached hydrogen (secondary N) is 1. The van der Waals surface area contributed by atoms with Crippen molar-refractivity contribution >= 4 is 34.0 Å². The second-order valence-corrected chi connectivity index (χ2v) is 7.34. The zero-order valence-electron chi connectivity index (χ0n) is 15.3. The standard InChI is InChI=1S/C21H21N5O2/c22-21-26-18-10-13(2-8-19(18)28-21)12-1-7-16-17(9-12)25-20(11-23-16)24-14-3-5-15(27)6-4-14/h1-2,7-11,14-15,27H,3-6H2,(H2,22,26)(H,24,25). The summed E-state index contributed by atoms with van der Waals surface area (Å²) in [4.78, 5) is 13.5. The monoisotopic (exact) mass is 375 g/mol. The van der Waals surface area contributed by atoms with Crippen molar-refractivity contribution < 1.29 is 9.52 Å². The van der Waals surface area contributed by atoms with Gasteiger partial charge in [0.25, 0.3) is 6.01 Å². The zero-order valence-corrected chi connectivity index (χ0v) is 15.3. The molecule has 0 atom stereocenters. The molecule has 1 aliphatic rings. The van der Waals surface area contributed by atoms with Crippen LogP contribution in [-0.2, 0) is 0 Å². The van der Waals surface area contributed by atoms with Crippen molar-refractivity contribution in [1.29, 1.82) is 0 Å². The maximum absolute atomic E-state index is 9.67. The summed E-state index contributed by atoms with van der Waals surface area (Å²) in [7, 11) is 0. The Morgan fingerprint density at radius 3 is 2.50 bits per heavy atom. The number of nitrogens with zero attached hydrogens (tertiary/aromatic N) is 3. The van der Waals surface area contributed by atoms with E-state index in [0.717, 1.165) is 59.2 Å². The molecule has 2 aromatic heterocycles. The fourth-order valence-corrected chi connectivity index (χ4v) is 3.81. The van der Waals surface area contributed by atoms with Crippen molar-refractivity contribution in [2.45, 2.75) is 37.8 Å². The van der Waals surface area contributed by atoms with Gasteiger partial charge >= 0.3 is 0 Å². The Bertz CT molecular complexity index is 1150. The third-order valence-corrected chi connectivity index (χ3v) is 5.33. The number of oxazole rings is 1. The first kappa shape index (κ1) is 16.9. The summed E-state index contributed by atoms with van der Waals surface area (Å²) in [5.74, 6) is 0.769. The molecule has 1 aliphatic carbocycles. The molecule has 2 heterocycles. The zero-order chi connectivity index (χ0) is 19.1. The molecule has 0 aliphatic heterocycles. The quantitative estimate of drug-likeness (QED) is 0.500. The number of nitrogen functional groups attached to an aromatic ring is 1. The van der Waals surface area contributed by atoms with Crippen molar-refractivity contribution in [3.05, 3.63) is 42.6 Å². The predicted molar refractivity (Wildman–Crippen MR) is 109 cm³/mol. The Labute approximate surface area is 161 Å². The maximum atomic E-state index is 9.67. The highest BCUT2D eigenvalue weighted by Gasteiger charge is 2.19. The van der Waals surface area contributed by atoms with Gasteiger partial charge in [0.05, 0.1) is 23.3 Å². The van der Waals surface area contributed by atoms with E-state index in [0.29, 0.717) is 11.6 Å². The van der Waals surface area contributed by atoms with Gasteiger partial charge in [0.2, 0.25) is 0 Å². The highest BCUT2D eigenvalue weighted by molar-refractivity contribution is 5.86. The van der Waals surface area contributed by atoms with Gasteiger partial charge in [0.1, 0.15) is 11.3 Å². The van der Waals surface area contributed by atoms with Crippen LogP contribution in [-0.4, -0.2) is 32.2 Å². The molecule has 0 radical (unpaired) electrons. The summed E-state index contributed by atoms with van der Waals surface area (Å²) < 4.78 is 5.34. The third-order valence-electron chi connectivity index (χ3n) is 5.33. The van der Waals surface area contributed by atoms with E-state index in [-0.39, 0.29) is 12.1 Å². The third kappa shape index (κ3) is 3.25. The highest BCUT2D eigenvalue weighted by atomic mass is 16.4. The van der Waals surface area contributed by atoms with Crippen molar-refractivity contribution in [1.82, 2.24) is 15.0 Å². The molecule has 4 aromatic rings. The first-order valence-electron chi connectivity index (χ1n) is 9.52. The van der Waals surface area contributed by atoms with E-state index in [4.69, 9.17) is 15.1 Å². The number of nitrogens with two attached hydrogens (primary N) is 1. The largest absolute Gasteiger partial charge is 0.424 e. The van der Waals surface area contributed by atoms with Crippen LogP contribution in [0.5, 0.6) is 0 Å².